The molecule has 0 aliphatic carbocycles. The molecule has 0 amide bonds. The lowest BCUT2D eigenvalue weighted by Crippen LogP contribution is -2.08. The van der Waals surface area contributed by atoms with Gasteiger partial charge in [-0.25, -0.2) is 0 Å². The van der Waals surface area contributed by atoms with Crippen LogP contribution in [0.3, 0.4) is 0 Å². The first-order chi connectivity index (χ1) is 15.4. The maximum Gasteiger partial charge on any atom is 0.311 e. The number of aryl methyl sites for hydroxylation is 1. The average molecular weight is 434 g/mol. The molecule has 4 rings (SSSR count). The van der Waals surface area contributed by atoms with Gasteiger partial charge < -0.3 is 23.6 Å². The molecule has 32 heavy (non-hydrogen) atoms. The van der Waals surface area contributed by atoms with Gasteiger partial charge in [-0.2, -0.15) is 0 Å². The van der Waals surface area contributed by atoms with E-state index in [1.54, 1.807) is 30.3 Å². The highest BCUT2D eigenvalue weighted by atomic mass is 16.5. The van der Waals surface area contributed by atoms with E-state index >= 15 is 0 Å². The second kappa shape index (κ2) is 8.97. The van der Waals surface area contributed by atoms with Crippen LogP contribution in [0.4, 0.5) is 5.69 Å². The fraction of sp³-hybridized carbons (Fsp3) is 0.208. The standard InChI is InChI=1S/C24H22N2O6/c1-26(2)16-6-4-15(5-7-16)12-21-24(28)19-10-8-17(13-20(19)31-21)30-23(27)11-9-18-14-22(29-3)25-32-18/h4-8,10,12-14H,9,11H2,1-3H3/b21-12-. The number of carbonyl (C=O) groups excluding carboxylic acids is 2. The third-order valence-corrected chi connectivity index (χ3v) is 4.90. The summed E-state index contributed by atoms with van der Waals surface area (Å²) in [5.74, 6) is 1.10. The van der Waals surface area contributed by atoms with Crippen molar-refractivity contribution in [3.8, 4) is 17.4 Å². The zero-order valence-corrected chi connectivity index (χ0v) is 18.0. The van der Waals surface area contributed by atoms with Crippen molar-refractivity contribution < 1.29 is 28.3 Å². The van der Waals surface area contributed by atoms with Crippen LogP contribution in [0.2, 0.25) is 0 Å². The number of methoxy groups -OCH3 is 1. The summed E-state index contributed by atoms with van der Waals surface area (Å²) in [7, 11) is 5.41. The maximum atomic E-state index is 12.7. The molecule has 0 bridgehead atoms. The van der Waals surface area contributed by atoms with Crippen molar-refractivity contribution in [3.63, 3.8) is 0 Å². The fourth-order valence-corrected chi connectivity index (χ4v) is 3.17. The normalized spacial score (nSPS) is 13.6. The number of ketones is 1. The van der Waals surface area contributed by atoms with Gasteiger partial charge in [0.15, 0.2) is 5.76 Å². The van der Waals surface area contributed by atoms with E-state index < -0.39 is 5.97 Å². The summed E-state index contributed by atoms with van der Waals surface area (Å²) in [6, 6.07) is 14.1. The van der Waals surface area contributed by atoms with Crippen LogP contribution in [0, 0.1) is 0 Å². The Hall–Kier alpha value is -4.07. The number of nitrogens with zero attached hydrogens (tertiary/aromatic N) is 2. The highest BCUT2D eigenvalue weighted by Gasteiger charge is 2.28. The zero-order chi connectivity index (χ0) is 22.7. The summed E-state index contributed by atoms with van der Waals surface area (Å²) < 4.78 is 21.1. The minimum absolute atomic E-state index is 0.101. The van der Waals surface area contributed by atoms with Crippen molar-refractivity contribution in [2.75, 3.05) is 26.1 Å². The predicted octanol–water partition coefficient (Wildman–Crippen LogP) is 3.90. The Balaban J connectivity index is 1.40. The number of fused-ring (bicyclic) bond motifs is 1. The van der Waals surface area contributed by atoms with Crippen molar-refractivity contribution in [1.82, 2.24) is 5.16 Å². The molecule has 0 atom stereocenters. The number of carbonyl (C=O) groups is 2. The molecule has 2 aromatic carbocycles. The van der Waals surface area contributed by atoms with Crippen LogP contribution in [0.1, 0.15) is 28.1 Å². The molecule has 0 spiro atoms. The van der Waals surface area contributed by atoms with Crippen molar-refractivity contribution >= 4 is 23.5 Å². The van der Waals surface area contributed by atoms with Crippen LogP contribution < -0.4 is 19.1 Å². The van der Waals surface area contributed by atoms with Gasteiger partial charge in [0.2, 0.25) is 5.78 Å². The van der Waals surface area contributed by atoms with E-state index in [0.717, 1.165) is 11.3 Å². The maximum absolute atomic E-state index is 12.7. The van der Waals surface area contributed by atoms with Gasteiger partial charge in [-0.15, -0.1) is 0 Å². The summed E-state index contributed by atoms with van der Waals surface area (Å²) in [6.45, 7) is 0. The molecule has 0 saturated heterocycles. The molecule has 164 valence electrons. The third-order valence-electron chi connectivity index (χ3n) is 4.90. The molecule has 0 unspecified atom stereocenters. The Labute approximate surface area is 185 Å². The van der Waals surface area contributed by atoms with E-state index in [1.807, 2.05) is 43.3 Å². The molecule has 0 saturated carbocycles. The van der Waals surface area contributed by atoms with Gasteiger partial charge in [-0.05, 0) is 41.1 Å². The number of hydrogen-bond donors (Lipinski definition) is 0. The summed E-state index contributed by atoms with van der Waals surface area (Å²) >= 11 is 0. The Kier molecular flexibility index (Phi) is 5.93. The summed E-state index contributed by atoms with van der Waals surface area (Å²) in [5.41, 5.74) is 2.33. The monoisotopic (exact) mass is 434 g/mol. The van der Waals surface area contributed by atoms with Crippen molar-refractivity contribution in [2.45, 2.75) is 12.8 Å². The topological polar surface area (TPSA) is 91.1 Å². The molecular weight excluding hydrogens is 412 g/mol. The molecule has 1 aromatic heterocycles. The molecule has 1 aliphatic rings. The van der Waals surface area contributed by atoms with E-state index in [2.05, 4.69) is 5.16 Å². The van der Waals surface area contributed by atoms with E-state index in [-0.39, 0.29) is 18.0 Å². The van der Waals surface area contributed by atoms with Crippen LogP contribution in [-0.4, -0.2) is 38.1 Å². The van der Waals surface area contributed by atoms with Crippen molar-refractivity contribution in [1.29, 1.82) is 0 Å². The summed E-state index contributed by atoms with van der Waals surface area (Å²) in [6.07, 6.45) is 2.12. The van der Waals surface area contributed by atoms with E-state index in [1.165, 1.54) is 7.11 Å². The molecule has 8 nitrogen and oxygen atoms in total. The van der Waals surface area contributed by atoms with E-state index in [0.29, 0.717) is 35.1 Å². The highest BCUT2D eigenvalue weighted by Crippen LogP contribution is 2.35. The number of aromatic nitrogens is 1. The van der Waals surface area contributed by atoms with Crippen molar-refractivity contribution in [2.24, 2.45) is 0 Å². The number of ether oxygens (including phenoxy) is 3. The van der Waals surface area contributed by atoms with Crippen LogP contribution in [0.25, 0.3) is 6.08 Å². The molecule has 0 N–H and O–H groups in total. The number of hydrogen-bond acceptors (Lipinski definition) is 8. The van der Waals surface area contributed by atoms with Gasteiger partial charge in [-0.1, -0.05) is 12.1 Å². The Morgan fingerprint density at radius 3 is 2.59 bits per heavy atom. The summed E-state index contributed by atoms with van der Waals surface area (Å²) in [5, 5.41) is 3.69. The Bertz CT molecular complexity index is 1180. The van der Waals surface area contributed by atoms with Gasteiger partial charge in [0.05, 0.1) is 19.1 Å². The molecule has 2 heterocycles. The van der Waals surface area contributed by atoms with Gasteiger partial charge in [0.25, 0.3) is 5.88 Å². The number of esters is 1. The van der Waals surface area contributed by atoms with Gasteiger partial charge >= 0.3 is 5.97 Å². The average Bonchev–Trinajstić information content (AvgIpc) is 3.37. The quantitative estimate of drug-likeness (QED) is 0.314. The van der Waals surface area contributed by atoms with E-state index in [9.17, 15) is 9.59 Å². The Morgan fingerprint density at radius 1 is 1.12 bits per heavy atom. The molecule has 0 fully saturated rings. The molecule has 0 radical (unpaired) electrons. The number of anilines is 1. The van der Waals surface area contributed by atoms with Gasteiger partial charge in [-0.3, -0.25) is 9.59 Å². The Morgan fingerprint density at radius 2 is 1.91 bits per heavy atom. The van der Waals surface area contributed by atoms with Gasteiger partial charge in [0.1, 0.15) is 17.3 Å². The predicted molar refractivity (Wildman–Crippen MR) is 117 cm³/mol. The first-order valence-corrected chi connectivity index (χ1v) is 9.99. The van der Waals surface area contributed by atoms with Crippen LogP contribution in [0.5, 0.6) is 17.4 Å². The first-order valence-electron chi connectivity index (χ1n) is 9.99. The van der Waals surface area contributed by atoms with Crippen LogP contribution >= 0.6 is 0 Å². The lowest BCUT2D eigenvalue weighted by atomic mass is 10.1. The lowest BCUT2D eigenvalue weighted by molar-refractivity contribution is -0.134. The largest absolute Gasteiger partial charge is 0.479 e. The van der Waals surface area contributed by atoms with Crippen LogP contribution in [-0.2, 0) is 11.2 Å². The number of benzene rings is 2. The first kappa shape index (κ1) is 21.2. The number of Topliss-reactive ketones (excluding diaryl/α,β-unsaturated/α-hetero) is 1. The zero-order valence-electron chi connectivity index (χ0n) is 18.0. The fourth-order valence-electron chi connectivity index (χ4n) is 3.17. The van der Waals surface area contributed by atoms with Crippen molar-refractivity contribution in [3.05, 3.63) is 71.2 Å². The molecule has 1 aliphatic heterocycles. The second-order valence-electron chi connectivity index (χ2n) is 7.39. The minimum Gasteiger partial charge on any atom is -0.479 e. The summed E-state index contributed by atoms with van der Waals surface area (Å²) in [4.78, 5) is 26.8. The number of rotatable bonds is 7. The van der Waals surface area contributed by atoms with E-state index in [4.69, 9.17) is 18.7 Å². The van der Waals surface area contributed by atoms with Crippen LogP contribution in [0.15, 0.2) is 58.8 Å². The van der Waals surface area contributed by atoms with Gasteiger partial charge in [0, 0.05) is 38.3 Å². The molecule has 8 heteroatoms. The number of allylic oxidation sites excluding steroid dienone is 1. The lowest BCUT2D eigenvalue weighted by Gasteiger charge is -2.11. The molecular formula is C24H22N2O6. The smallest absolute Gasteiger partial charge is 0.311 e. The minimum atomic E-state index is -0.443. The molecule has 3 aromatic rings. The second-order valence-corrected chi connectivity index (χ2v) is 7.39. The highest BCUT2D eigenvalue weighted by molar-refractivity contribution is 6.14. The SMILES string of the molecule is COc1cc(CCC(=O)Oc2ccc3c(c2)O/C(=C\c2ccc(N(C)C)cc2)C3=O)on1. The third kappa shape index (κ3) is 4.64.